The van der Waals surface area contributed by atoms with Gasteiger partial charge >= 0.3 is 5.97 Å². The van der Waals surface area contributed by atoms with Crippen LogP contribution in [0.1, 0.15) is 92.7 Å². The maximum Gasteiger partial charge on any atom is 0.341 e. The van der Waals surface area contributed by atoms with Gasteiger partial charge in [-0.15, -0.1) is 0 Å². The summed E-state index contributed by atoms with van der Waals surface area (Å²) >= 11 is 0. The van der Waals surface area contributed by atoms with Gasteiger partial charge < -0.3 is 19.5 Å². The van der Waals surface area contributed by atoms with Crippen molar-refractivity contribution < 1.29 is 28.6 Å². The number of hydrogen-bond acceptors (Lipinski definition) is 10. The molecule has 2 aromatic heterocycles. The van der Waals surface area contributed by atoms with Crippen molar-refractivity contribution in [2.75, 3.05) is 7.11 Å². The van der Waals surface area contributed by atoms with Gasteiger partial charge in [-0.3, -0.25) is 25.4 Å². The number of nitrogens with one attached hydrogen (secondary N) is 3. The predicted molar refractivity (Wildman–Crippen MR) is 168 cm³/mol. The molecule has 5 rings (SSSR count). The molecule has 3 aromatic rings. The van der Waals surface area contributed by atoms with Gasteiger partial charge in [-0.2, -0.15) is 0 Å². The van der Waals surface area contributed by atoms with Gasteiger partial charge in [0.1, 0.15) is 11.8 Å². The Labute approximate surface area is 262 Å². The molecule has 45 heavy (non-hydrogen) atoms. The quantitative estimate of drug-likeness (QED) is 0.102. The molecule has 2 aliphatic rings. The molecule has 1 saturated carbocycles. The first kappa shape index (κ1) is 31.7. The second-order valence-corrected chi connectivity index (χ2v) is 11.6. The van der Waals surface area contributed by atoms with Crippen LogP contribution in [0.5, 0.6) is 5.88 Å². The highest BCUT2D eigenvalue weighted by molar-refractivity contribution is 6.04. The van der Waals surface area contributed by atoms with Crippen molar-refractivity contribution in [3.05, 3.63) is 65.5 Å². The highest BCUT2D eigenvalue weighted by Crippen LogP contribution is 2.47. The number of methoxy groups -OCH3 is 1. The Balaban J connectivity index is 1.25. The Hall–Kier alpha value is -4.67. The van der Waals surface area contributed by atoms with Gasteiger partial charge in [0.15, 0.2) is 5.60 Å². The van der Waals surface area contributed by atoms with Gasteiger partial charge in [-0.25, -0.2) is 9.78 Å². The molecule has 0 bridgehead atoms. The number of aromatic nitrogens is 2. The molecule has 3 heterocycles. The Kier molecular flexibility index (Phi) is 9.85. The Bertz CT molecular complexity index is 1610. The molecular weight excluding hydrogens is 574 g/mol. The lowest BCUT2D eigenvalue weighted by Gasteiger charge is -2.35. The van der Waals surface area contributed by atoms with Crippen LogP contribution in [-0.2, 0) is 24.7 Å². The monoisotopic (exact) mass is 613 g/mol. The van der Waals surface area contributed by atoms with Crippen LogP contribution in [0, 0.1) is 16.7 Å². The van der Waals surface area contributed by atoms with Crippen LogP contribution in [0.15, 0.2) is 48.7 Å². The third-order valence-electron chi connectivity index (χ3n) is 8.73. The van der Waals surface area contributed by atoms with Crippen molar-refractivity contribution in [3.8, 4) is 5.88 Å². The second kappa shape index (κ2) is 14.0. The molecule has 1 aliphatic carbocycles. The van der Waals surface area contributed by atoms with E-state index in [0.29, 0.717) is 73.7 Å². The molecule has 0 radical (unpaired) electrons. The fourth-order valence-electron chi connectivity index (χ4n) is 6.13. The van der Waals surface area contributed by atoms with Crippen molar-refractivity contribution in [3.63, 3.8) is 0 Å². The summed E-state index contributed by atoms with van der Waals surface area (Å²) in [7, 11) is 1.46. The average molecular weight is 614 g/mol. The maximum absolute atomic E-state index is 13.5. The number of amides is 1. The number of carbonyl (C=O) groups is 3. The van der Waals surface area contributed by atoms with Crippen LogP contribution in [0.3, 0.4) is 0 Å². The van der Waals surface area contributed by atoms with E-state index in [-0.39, 0.29) is 41.3 Å². The zero-order valence-corrected chi connectivity index (χ0v) is 25.7. The Morgan fingerprint density at radius 1 is 1.11 bits per heavy atom. The van der Waals surface area contributed by atoms with Crippen LogP contribution in [-0.4, -0.2) is 52.6 Å². The topological polar surface area (TPSA) is 164 Å². The van der Waals surface area contributed by atoms with Crippen molar-refractivity contribution in [1.82, 2.24) is 15.3 Å². The summed E-state index contributed by atoms with van der Waals surface area (Å²) in [5, 5.41) is 21.2. The summed E-state index contributed by atoms with van der Waals surface area (Å²) in [6.07, 6.45) is 7.17. The summed E-state index contributed by atoms with van der Waals surface area (Å²) in [4.78, 5) is 46.6. The smallest absolute Gasteiger partial charge is 0.341 e. The summed E-state index contributed by atoms with van der Waals surface area (Å²) < 4.78 is 16.9. The maximum atomic E-state index is 13.5. The van der Waals surface area contributed by atoms with Crippen molar-refractivity contribution in [2.24, 2.45) is 5.92 Å². The van der Waals surface area contributed by atoms with E-state index in [1.807, 2.05) is 31.2 Å². The highest BCUT2D eigenvalue weighted by atomic mass is 16.6. The van der Waals surface area contributed by atoms with E-state index in [4.69, 9.17) is 25.0 Å². The van der Waals surface area contributed by atoms with Gasteiger partial charge in [0.25, 0.3) is 0 Å². The first-order chi connectivity index (χ1) is 21.7. The molecule has 1 fully saturated rings. The fourth-order valence-corrected chi connectivity index (χ4v) is 6.13. The van der Waals surface area contributed by atoms with E-state index in [0.717, 1.165) is 18.2 Å². The first-order valence-corrected chi connectivity index (χ1v) is 15.5. The normalized spacial score (nSPS) is 19.4. The molecule has 0 saturated heterocycles. The summed E-state index contributed by atoms with van der Waals surface area (Å²) in [5.74, 6) is -1.10. The lowest BCUT2D eigenvalue weighted by molar-refractivity contribution is -0.128. The summed E-state index contributed by atoms with van der Waals surface area (Å²) in [6, 6.07) is 11.8. The van der Waals surface area contributed by atoms with Crippen LogP contribution in [0.4, 0.5) is 0 Å². The van der Waals surface area contributed by atoms with Crippen LogP contribution in [0.25, 0.3) is 10.9 Å². The third kappa shape index (κ3) is 7.02. The Morgan fingerprint density at radius 2 is 1.89 bits per heavy atom. The average Bonchev–Trinajstić information content (AvgIpc) is 3.33. The van der Waals surface area contributed by atoms with Crippen molar-refractivity contribution in [1.29, 1.82) is 10.8 Å². The van der Waals surface area contributed by atoms with Gasteiger partial charge in [-0.1, -0.05) is 38.0 Å². The van der Waals surface area contributed by atoms with E-state index in [1.165, 1.54) is 7.11 Å². The lowest BCUT2D eigenvalue weighted by atomic mass is 9.76. The minimum absolute atomic E-state index is 0.201. The van der Waals surface area contributed by atoms with E-state index in [9.17, 15) is 14.4 Å². The number of rotatable bonds is 12. The fraction of sp³-hybridized carbons (Fsp3) is 0.441. The van der Waals surface area contributed by atoms with E-state index in [2.05, 4.69) is 15.3 Å². The molecule has 1 aliphatic heterocycles. The van der Waals surface area contributed by atoms with E-state index < -0.39 is 11.6 Å². The SMILES string of the molecule is CCC(=O)CCCCC[C@H](NC(=O)C1CCC2(CC1)OC(=O)c1cccnc12)C(=N)OC(=N)c1cc2ccccc2nc1OC. The summed E-state index contributed by atoms with van der Waals surface area (Å²) in [5.41, 5.74) is 1.31. The molecule has 3 N–H and O–H groups in total. The van der Waals surface area contributed by atoms with Gasteiger partial charge in [0.05, 0.1) is 29.4 Å². The number of carbonyl (C=O) groups excluding carboxylic acids is 3. The molecule has 11 heteroatoms. The van der Waals surface area contributed by atoms with Gasteiger partial charge in [0, 0.05) is 30.3 Å². The van der Waals surface area contributed by atoms with Crippen LogP contribution in [0.2, 0.25) is 0 Å². The highest BCUT2D eigenvalue weighted by Gasteiger charge is 2.49. The lowest BCUT2D eigenvalue weighted by Crippen LogP contribution is -2.46. The number of Topliss-reactive ketones (excluding diaryl/α,β-unsaturated/α-hetero) is 1. The number of benzene rings is 1. The number of nitrogens with zero attached hydrogens (tertiary/aromatic N) is 2. The zero-order chi connectivity index (χ0) is 32.0. The molecule has 1 aromatic carbocycles. The molecular formula is C34H39N5O6. The molecule has 1 atom stereocenters. The number of unbranched alkanes of at least 4 members (excludes halogenated alkanes) is 2. The zero-order valence-electron chi connectivity index (χ0n) is 25.7. The van der Waals surface area contributed by atoms with Crippen LogP contribution >= 0.6 is 0 Å². The van der Waals surface area contributed by atoms with Crippen LogP contribution < -0.4 is 10.1 Å². The molecule has 1 amide bonds. The summed E-state index contributed by atoms with van der Waals surface area (Å²) in [6.45, 7) is 1.85. The number of pyridine rings is 2. The molecule has 0 unspecified atom stereocenters. The Morgan fingerprint density at radius 3 is 2.64 bits per heavy atom. The number of ether oxygens (including phenoxy) is 3. The number of para-hydroxylation sites is 1. The van der Waals surface area contributed by atoms with Crippen molar-refractivity contribution in [2.45, 2.75) is 82.8 Å². The first-order valence-electron chi connectivity index (χ1n) is 15.5. The largest absolute Gasteiger partial charge is 0.480 e. The van der Waals surface area contributed by atoms with E-state index >= 15 is 0 Å². The second-order valence-electron chi connectivity index (χ2n) is 11.6. The predicted octanol–water partition coefficient (Wildman–Crippen LogP) is 5.63. The number of fused-ring (bicyclic) bond motifs is 3. The number of hydrogen-bond donors (Lipinski definition) is 3. The van der Waals surface area contributed by atoms with Crippen molar-refractivity contribution >= 4 is 40.4 Å². The molecule has 1 spiro atoms. The van der Waals surface area contributed by atoms with E-state index in [1.54, 1.807) is 24.4 Å². The minimum atomic E-state index is -0.808. The standard InChI is InChI=1S/C34H39N5O6/c1-3-23(40)11-5-4-6-14-27(30(36)44-29(35)25-20-22-10-7-8-13-26(22)39-32(25)43-2)38-31(41)21-15-17-34(18-16-21)28-24(33(42)45-34)12-9-19-37-28/h7-10,12-13,19-21,27,35-36H,3-6,11,14-18H2,1-2H3,(H,38,41)/t21?,27-,34?/m0/s1. The molecule has 236 valence electrons. The molecule has 11 nitrogen and oxygen atoms in total. The number of ketones is 1. The van der Waals surface area contributed by atoms with Gasteiger partial charge in [0.2, 0.25) is 23.6 Å². The minimum Gasteiger partial charge on any atom is -0.480 e. The number of esters is 1. The van der Waals surface area contributed by atoms with Gasteiger partial charge in [-0.05, 0) is 62.8 Å². The third-order valence-corrected chi connectivity index (χ3v) is 8.73.